The number of methoxy groups -OCH3 is 1. The Labute approximate surface area is 242 Å². The van der Waals surface area contributed by atoms with Crippen molar-refractivity contribution in [2.45, 2.75) is 19.0 Å². The molecule has 10 nitrogen and oxygen atoms in total. The van der Waals surface area contributed by atoms with Gasteiger partial charge in [-0.25, -0.2) is 9.78 Å². The highest BCUT2D eigenvalue weighted by Gasteiger charge is 2.34. The summed E-state index contributed by atoms with van der Waals surface area (Å²) in [6.45, 7) is 2.10. The molecule has 0 spiro atoms. The molecule has 1 atom stereocenters. The number of nitrogens with zero attached hydrogens (tertiary/aromatic N) is 3. The summed E-state index contributed by atoms with van der Waals surface area (Å²) in [6.07, 6.45) is 3.63. The van der Waals surface area contributed by atoms with E-state index in [0.717, 1.165) is 11.1 Å². The minimum absolute atomic E-state index is 0.0403. The van der Waals surface area contributed by atoms with Gasteiger partial charge in [-0.2, -0.15) is 0 Å². The number of hydrogen-bond acceptors (Lipinski definition) is 7. The van der Waals surface area contributed by atoms with Gasteiger partial charge < -0.3 is 20.1 Å². The number of urea groups is 1. The van der Waals surface area contributed by atoms with E-state index in [-0.39, 0.29) is 24.6 Å². The maximum Gasteiger partial charge on any atom is 0.322 e. The van der Waals surface area contributed by atoms with E-state index in [1.165, 1.54) is 7.11 Å². The molecule has 4 aromatic rings. The van der Waals surface area contributed by atoms with E-state index in [2.05, 4.69) is 32.4 Å². The topological polar surface area (TPSA) is 134 Å². The Hall–Kier alpha value is -5.69. The summed E-state index contributed by atoms with van der Waals surface area (Å²) in [6, 6.07) is 18.7. The van der Waals surface area contributed by atoms with E-state index in [0.29, 0.717) is 40.4 Å². The molecule has 10 heteroatoms. The van der Waals surface area contributed by atoms with Crippen molar-refractivity contribution in [1.82, 2.24) is 25.5 Å². The van der Waals surface area contributed by atoms with Crippen molar-refractivity contribution < 1.29 is 24.2 Å². The van der Waals surface area contributed by atoms with Crippen LogP contribution in [0, 0.1) is 11.8 Å². The highest BCUT2D eigenvalue weighted by molar-refractivity contribution is 5.99. The number of carbonyl (C=O) groups excluding carboxylic acids is 3. The number of aromatic nitrogens is 2. The van der Waals surface area contributed by atoms with Crippen LogP contribution in [0.2, 0.25) is 0 Å². The average molecular weight is 562 g/mol. The van der Waals surface area contributed by atoms with Gasteiger partial charge in [-0.3, -0.25) is 19.9 Å². The summed E-state index contributed by atoms with van der Waals surface area (Å²) in [5.41, 5.74) is 3.48. The van der Waals surface area contributed by atoms with Crippen LogP contribution >= 0.6 is 0 Å². The number of carbonyl (C=O) groups is 3. The summed E-state index contributed by atoms with van der Waals surface area (Å²) in [4.78, 5) is 46.6. The van der Waals surface area contributed by atoms with Crippen molar-refractivity contribution in [3.63, 3.8) is 0 Å². The Bertz CT molecular complexity index is 1710. The highest BCUT2D eigenvalue weighted by atomic mass is 16.5. The Morgan fingerprint density at radius 3 is 2.57 bits per heavy atom. The largest absolute Gasteiger partial charge is 0.506 e. The molecule has 0 radical (unpaired) electrons. The first-order valence-electron chi connectivity index (χ1n) is 13.0. The summed E-state index contributed by atoms with van der Waals surface area (Å²) in [5, 5.41) is 15.3. The van der Waals surface area contributed by atoms with E-state index < -0.39 is 11.6 Å². The Morgan fingerprint density at radius 1 is 1.10 bits per heavy atom. The first-order valence-corrected chi connectivity index (χ1v) is 13.0. The van der Waals surface area contributed by atoms with Crippen molar-refractivity contribution >= 4 is 18.3 Å². The first-order chi connectivity index (χ1) is 20.3. The summed E-state index contributed by atoms with van der Waals surface area (Å²) < 4.78 is 5.25. The van der Waals surface area contributed by atoms with Crippen molar-refractivity contribution in [1.29, 1.82) is 0 Å². The molecule has 42 heavy (non-hydrogen) atoms. The Balaban J connectivity index is 1.39. The third kappa shape index (κ3) is 6.05. The molecule has 0 unspecified atom stereocenters. The molecule has 2 aromatic heterocycles. The Morgan fingerprint density at radius 2 is 1.86 bits per heavy atom. The maximum atomic E-state index is 13.2. The number of benzene rings is 2. The maximum absolute atomic E-state index is 13.2. The molecule has 0 bridgehead atoms. The molecule has 5 rings (SSSR count). The first kappa shape index (κ1) is 27.9. The van der Waals surface area contributed by atoms with Gasteiger partial charge in [0.05, 0.1) is 19.3 Å². The fourth-order valence-corrected chi connectivity index (χ4v) is 4.70. The molecule has 210 valence electrons. The van der Waals surface area contributed by atoms with E-state index in [9.17, 15) is 19.5 Å². The molecule has 3 heterocycles. The third-order valence-electron chi connectivity index (χ3n) is 6.77. The normalized spacial score (nSPS) is 13.3. The van der Waals surface area contributed by atoms with Gasteiger partial charge in [0.2, 0.25) is 6.41 Å². The zero-order chi connectivity index (χ0) is 29.7. The smallest absolute Gasteiger partial charge is 0.322 e. The number of nitrogens with one attached hydrogen (secondary N) is 2. The van der Waals surface area contributed by atoms with Crippen LogP contribution in [0.3, 0.4) is 0 Å². The molecule has 0 saturated heterocycles. The summed E-state index contributed by atoms with van der Waals surface area (Å²) in [5.74, 6) is 6.54. The number of pyridine rings is 2. The molecular weight excluding hydrogens is 534 g/mol. The van der Waals surface area contributed by atoms with Crippen LogP contribution < -0.4 is 15.4 Å². The second-order valence-corrected chi connectivity index (χ2v) is 9.86. The molecule has 0 saturated carbocycles. The summed E-state index contributed by atoms with van der Waals surface area (Å²) in [7, 11) is 1.53. The fraction of sp³-hybridized carbons (Fsp3) is 0.156. The lowest BCUT2D eigenvalue weighted by Crippen LogP contribution is -2.55. The number of rotatable bonds is 7. The van der Waals surface area contributed by atoms with Crippen LogP contribution in [-0.4, -0.2) is 57.5 Å². The molecule has 3 N–H and O–H groups in total. The minimum Gasteiger partial charge on any atom is -0.506 e. The third-order valence-corrected chi connectivity index (χ3v) is 6.77. The number of fused-ring (bicyclic) bond motifs is 1. The van der Waals surface area contributed by atoms with Crippen LogP contribution in [-0.2, 0) is 11.3 Å². The predicted molar refractivity (Wildman–Crippen MR) is 155 cm³/mol. The number of ether oxygens (including phenoxy) is 1. The van der Waals surface area contributed by atoms with Gasteiger partial charge in [-0.05, 0) is 61.0 Å². The van der Waals surface area contributed by atoms with Gasteiger partial charge >= 0.3 is 6.03 Å². The second kappa shape index (κ2) is 11.8. The van der Waals surface area contributed by atoms with Gasteiger partial charge in [0.1, 0.15) is 22.7 Å². The van der Waals surface area contributed by atoms with E-state index in [1.807, 2.05) is 18.2 Å². The standard InChI is InChI=1S/C32H27N5O5/c1-32(36-31(41)34-20-38,19-37-18-24-7-8-25(42-2)17-26(24)30(37)40)14-11-21-3-5-23(6-4-21)29-28(39)10-9-27(35-29)22-12-15-33-16-13-22/h3-10,12-13,15-17,20,39H,18-19H2,1-2H3,(H2,34,36,38,41)/t32-/m1/s1. The predicted octanol–water partition coefficient (Wildman–Crippen LogP) is 3.75. The van der Waals surface area contributed by atoms with Crippen LogP contribution in [0.4, 0.5) is 4.79 Å². The van der Waals surface area contributed by atoms with Crippen molar-refractivity contribution in [3.8, 4) is 45.9 Å². The zero-order valence-electron chi connectivity index (χ0n) is 22.9. The van der Waals surface area contributed by atoms with Crippen LogP contribution in [0.25, 0.3) is 22.5 Å². The number of hydrogen-bond donors (Lipinski definition) is 3. The van der Waals surface area contributed by atoms with Gasteiger partial charge in [0.15, 0.2) is 0 Å². The van der Waals surface area contributed by atoms with Gasteiger partial charge in [-0.1, -0.05) is 30.0 Å². The van der Waals surface area contributed by atoms with Crippen molar-refractivity contribution in [2.24, 2.45) is 0 Å². The monoisotopic (exact) mass is 561 g/mol. The van der Waals surface area contributed by atoms with Crippen molar-refractivity contribution in [2.75, 3.05) is 13.7 Å². The highest BCUT2D eigenvalue weighted by Crippen LogP contribution is 2.31. The lowest BCUT2D eigenvalue weighted by molar-refractivity contribution is -0.108. The SMILES string of the molecule is COc1ccc2c(c1)C(=O)N(C[C@@](C)(C#Cc1ccc(-c3nc(-c4ccncc4)ccc3O)cc1)NC(=O)NC=O)C2. The Kier molecular flexibility index (Phi) is 7.84. The lowest BCUT2D eigenvalue weighted by Gasteiger charge is -2.30. The molecule has 4 amide bonds. The van der Waals surface area contributed by atoms with Crippen LogP contribution in [0.5, 0.6) is 11.5 Å². The molecule has 1 aliphatic rings. The molecule has 1 aliphatic heterocycles. The quantitative estimate of drug-likeness (QED) is 0.231. The van der Waals surface area contributed by atoms with Gasteiger partial charge in [-0.15, -0.1) is 0 Å². The molecular formula is C32H27N5O5. The number of imide groups is 1. The molecule has 0 aliphatic carbocycles. The fourth-order valence-electron chi connectivity index (χ4n) is 4.70. The van der Waals surface area contributed by atoms with Crippen LogP contribution in [0.1, 0.15) is 28.4 Å². The van der Waals surface area contributed by atoms with E-state index >= 15 is 0 Å². The summed E-state index contributed by atoms with van der Waals surface area (Å²) >= 11 is 0. The van der Waals surface area contributed by atoms with Gasteiger partial charge in [0, 0.05) is 41.2 Å². The molecule has 0 fully saturated rings. The van der Waals surface area contributed by atoms with Crippen LogP contribution in [0.15, 0.2) is 79.1 Å². The van der Waals surface area contributed by atoms with E-state index in [1.54, 1.807) is 72.7 Å². The second-order valence-electron chi connectivity index (χ2n) is 9.86. The lowest BCUT2D eigenvalue weighted by atomic mass is 10.0. The number of amides is 4. The molecule has 2 aromatic carbocycles. The van der Waals surface area contributed by atoms with Crippen molar-refractivity contribution in [3.05, 3.63) is 95.8 Å². The zero-order valence-corrected chi connectivity index (χ0v) is 22.9. The van der Waals surface area contributed by atoms with Gasteiger partial charge in [0.25, 0.3) is 5.91 Å². The average Bonchev–Trinajstić information content (AvgIpc) is 3.30. The minimum atomic E-state index is -1.20. The number of aromatic hydroxyl groups is 1. The van der Waals surface area contributed by atoms with E-state index in [4.69, 9.17) is 4.74 Å².